The second kappa shape index (κ2) is 8.40. The third-order valence-corrected chi connectivity index (χ3v) is 6.20. The van der Waals surface area contributed by atoms with E-state index < -0.39 is 5.41 Å². The summed E-state index contributed by atoms with van der Waals surface area (Å²) in [5, 5.41) is 0. The minimum atomic E-state index is -0.683. The van der Waals surface area contributed by atoms with E-state index >= 15 is 0 Å². The highest BCUT2D eigenvalue weighted by Crippen LogP contribution is 2.43. The highest BCUT2D eigenvalue weighted by Gasteiger charge is 2.46. The van der Waals surface area contributed by atoms with Crippen LogP contribution in [0.25, 0.3) is 0 Å². The van der Waals surface area contributed by atoms with E-state index in [9.17, 15) is 9.59 Å². The molecular weight excluding hydrogens is 412 g/mol. The number of carbonyl (C=O) groups is 2. The van der Waals surface area contributed by atoms with Crippen molar-refractivity contribution in [3.63, 3.8) is 0 Å². The lowest BCUT2D eigenvalue weighted by molar-refractivity contribution is -0.136. The summed E-state index contributed by atoms with van der Waals surface area (Å²) >= 11 is 0. The number of esters is 2. The van der Waals surface area contributed by atoms with Gasteiger partial charge in [-0.15, -0.1) is 0 Å². The van der Waals surface area contributed by atoms with Crippen molar-refractivity contribution in [1.82, 2.24) is 0 Å². The van der Waals surface area contributed by atoms with Crippen LogP contribution in [-0.2, 0) is 15.0 Å². The highest BCUT2D eigenvalue weighted by atomic mass is 16.5. The number of carbonyl (C=O) groups excluding carboxylic acids is 2. The average Bonchev–Trinajstić information content (AvgIpc) is 3.34. The topological polar surface area (TPSA) is 52.6 Å². The van der Waals surface area contributed by atoms with E-state index in [4.69, 9.17) is 9.47 Å². The van der Waals surface area contributed by atoms with Crippen molar-refractivity contribution in [1.29, 1.82) is 0 Å². The van der Waals surface area contributed by atoms with Gasteiger partial charge in [0.05, 0.1) is 0 Å². The van der Waals surface area contributed by atoms with Gasteiger partial charge in [0.2, 0.25) is 0 Å². The molecule has 4 nitrogen and oxygen atoms in total. The molecule has 4 aromatic rings. The Balaban J connectivity index is 0.000000139. The summed E-state index contributed by atoms with van der Waals surface area (Å²) in [6.07, 6.45) is 0. The Hall–Kier alpha value is -4.18. The highest BCUT2D eigenvalue weighted by molar-refractivity contribution is 5.93. The summed E-state index contributed by atoms with van der Waals surface area (Å²) in [6, 6.07) is 34.6. The second-order valence-electron chi connectivity index (χ2n) is 8.18. The molecule has 2 heterocycles. The molecule has 0 fully saturated rings. The number of rotatable bonds is 2. The number of benzene rings is 4. The first-order chi connectivity index (χ1) is 16.1. The number of ether oxygens (including phenoxy) is 2. The molecule has 0 aromatic heterocycles. The molecule has 0 spiro atoms. The first-order valence-electron chi connectivity index (χ1n) is 10.8. The first kappa shape index (κ1) is 20.7. The summed E-state index contributed by atoms with van der Waals surface area (Å²) in [7, 11) is 0. The maximum Gasteiger partial charge on any atom is 0.326 e. The van der Waals surface area contributed by atoms with Crippen LogP contribution in [0.5, 0.6) is 11.5 Å². The maximum absolute atomic E-state index is 12.1. The predicted molar refractivity (Wildman–Crippen MR) is 125 cm³/mol. The van der Waals surface area contributed by atoms with Crippen molar-refractivity contribution in [2.45, 2.75) is 18.3 Å². The third-order valence-electron chi connectivity index (χ3n) is 6.20. The van der Waals surface area contributed by atoms with Gasteiger partial charge in [-0.05, 0) is 30.2 Å². The standard InChI is InChI=1S/C15H12O2.C14H10O2/c1-15(11-7-3-2-4-8-11)12-9-5-6-10-13(12)17-14(15)16;15-14-13(10-6-2-1-3-7-10)11-8-4-5-9-12(11)16-14/h2-10H,1H3;1-9,13H. The van der Waals surface area contributed by atoms with Gasteiger partial charge >= 0.3 is 11.9 Å². The van der Waals surface area contributed by atoms with Gasteiger partial charge < -0.3 is 9.47 Å². The zero-order valence-electron chi connectivity index (χ0n) is 18.1. The molecule has 0 aliphatic carbocycles. The SMILES string of the molecule is CC1(c2ccccc2)C(=O)Oc2ccccc21.O=C1Oc2ccccc2C1c1ccccc1. The van der Waals surface area contributed by atoms with Crippen molar-refractivity contribution in [3.8, 4) is 11.5 Å². The van der Waals surface area contributed by atoms with E-state index in [-0.39, 0.29) is 17.9 Å². The Labute approximate surface area is 192 Å². The summed E-state index contributed by atoms with van der Waals surface area (Å²) in [4.78, 5) is 23.9. The van der Waals surface area contributed by atoms with Crippen LogP contribution in [0.3, 0.4) is 0 Å². The molecule has 2 unspecified atom stereocenters. The van der Waals surface area contributed by atoms with E-state index in [0.717, 1.165) is 22.3 Å². The fourth-order valence-corrected chi connectivity index (χ4v) is 4.39. The van der Waals surface area contributed by atoms with Crippen LogP contribution in [0.4, 0.5) is 0 Å². The van der Waals surface area contributed by atoms with Gasteiger partial charge in [-0.25, -0.2) is 0 Å². The first-order valence-corrected chi connectivity index (χ1v) is 10.8. The monoisotopic (exact) mass is 434 g/mol. The van der Waals surface area contributed by atoms with Crippen LogP contribution in [0, 0.1) is 0 Å². The summed E-state index contributed by atoms with van der Waals surface area (Å²) in [5.74, 6) is 0.694. The minimum Gasteiger partial charge on any atom is -0.425 e. The van der Waals surface area contributed by atoms with Crippen LogP contribution in [-0.4, -0.2) is 11.9 Å². The van der Waals surface area contributed by atoms with Gasteiger partial charge in [-0.3, -0.25) is 9.59 Å². The predicted octanol–water partition coefficient (Wildman–Crippen LogP) is 5.65. The molecule has 4 heteroatoms. The summed E-state index contributed by atoms with van der Waals surface area (Å²) in [6.45, 7) is 1.91. The smallest absolute Gasteiger partial charge is 0.326 e. The van der Waals surface area contributed by atoms with Crippen LogP contribution < -0.4 is 9.47 Å². The third kappa shape index (κ3) is 3.60. The van der Waals surface area contributed by atoms with E-state index in [1.807, 2.05) is 116 Å². The lowest BCUT2D eigenvalue weighted by atomic mass is 9.77. The number of para-hydroxylation sites is 2. The van der Waals surface area contributed by atoms with Gasteiger partial charge in [-0.1, -0.05) is 97.1 Å². The van der Waals surface area contributed by atoms with Crippen molar-refractivity contribution in [2.75, 3.05) is 0 Å². The second-order valence-corrected chi connectivity index (χ2v) is 8.18. The van der Waals surface area contributed by atoms with Crippen LogP contribution >= 0.6 is 0 Å². The van der Waals surface area contributed by atoms with E-state index in [2.05, 4.69) is 0 Å². The van der Waals surface area contributed by atoms with Crippen LogP contribution in [0.2, 0.25) is 0 Å². The Morgan fingerprint density at radius 2 is 1.21 bits per heavy atom. The van der Waals surface area contributed by atoms with Gasteiger partial charge in [0.25, 0.3) is 0 Å². The van der Waals surface area contributed by atoms with Crippen molar-refractivity contribution in [2.24, 2.45) is 0 Å². The molecule has 2 aliphatic rings. The van der Waals surface area contributed by atoms with Crippen molar-refractivity contribution < 1.29 is 19.1 Å². The lowest BCUT2D eigenvalue weighted by Crippen LogP contribution is -2.31. The molecule has 6 rings (SSSR count). The lowest BCUT2D eigenvalue weighted by Gasteiger charge is -2.20. The van der Waals surface area contributed by atoms with Crippen molar-refractivity contribution >= 4 is 11.9 Å². The summed E-state index contributed by atoms with van der Waals surface area (Å²) < 4.78 is 10.6. The molecule has 0 saturated carbocycles. The quantitative estimate of drug-likeness (QED) is 0.302. The Kier molecular flexibility index (Phi) is 5.27. The maximum atomic E-state index is 12.1. The molecule has 2 atom stereocenters. The van der Waals surface area contributed by atoms with Crippen LogP contribution in [0.15, 0.2) is 109 Å². The Morgan fingerprint density at radius 3 is 1.94 bits per heavy atom. The normalized spacial score (nSPS) is 20.1. The molecule has 2 aliphatic heterocycles. The van der Waals surface area contributed by atoms with Gasteiger partial charge in [0, 0.05) is 11.1 Å². The minimum absolute atomic E-state index is 0.188. The van der Waals surface area contributed by atoms with Gasteiger partial charge in [-0.2, -0.15) is 0 Å². The molecule has 4 aromatic carbocycles. The molecule has 162 valence electrons. The molecule has 0 N–H and O–H groups in total. The molecule has 0 bridgehead atoms. The zero-order valence-corrected chi connectivity index (χ0v) is 18.1. The summed E-state index contributed by atoms with van der Waals surface area (Å²) in [5.41, 5.74) is 3.17. The zero-order chi connectivity index (χ0) is 22.8. The molecular formula is C29H22O4. The van der Waals surface area contributed by atoms with E-state index in [1.165, 1.54) is 0 Å². The fourth-order valence-electron chi connectivity index (χ4n) is 4.39. The average molecular weight is 434 g/mol. The number of hydrogen-bond donors (Lipinski definition) is 0. The fraction of sp³-hybridized carbons (Fsp3) is 0.103. The van der Waals surface area contributed by atoms with Crippen molar-refractivity contribution in [3.05, 3.63) is 131 Å². The molecule has 0 amide bonds. The van der Waals surface area contributed by atoms with Crippen LogP contribution in [0.1, 0.15) is 35.1 Å². The number of fused-ring (bicyclic) bond motifs is 2. The number of hydrogen-bond acceptors (Lipinski definition) is 4. The van der Waals surface area contributed by atoms with Gasteiger partial charge in [0.1, 0.15) is 22.8 Å². The Morgan fingerprint density at radius 1 is 0.636 bits per heavy atom. The van der Waals surface area contributed by atoms with Gasteiger partial charge in [0.15, 0.2) is 0 Å². The molecule has 0 saturated heterocycles. The van der Waals surface area contributed by atoms with E-state index in [1.54, 1.807) is 0 Å². The van der Waals surface area contributed by atoms with E-state index in [0.29, 0.717) is 11.5 Å². The molecule has 0 radical (unpaired) electrons. The molecule has 33 heavy (non-hydrogen) atoms. The Bertz CT molecular complexity index is 1310. The largest absolute Gasteiger partial charge is 0.425 e.